The Morgan fingerprint density at radius 2 is 1.95 bits per heavy atom. The Hall–Kier alpha value is -1.02. The van der Waals surface area contributed by atoms with Crippen LogP contribution in [0.5, 0.6) is 0 Å². The maximum atomic E-state index is 5.99. The van der Waals surface area contributed by atoms with Gasteiger partial charge < -0.3 is 4.57 Å². The van der Waals surface area contributed by atoms with Crippen LogP contribution in [0.2, 0.25) is 0 Å². The van der Waals surface area contributed by atoms with E-state index in [1.807, 2.05) is 0 Å². The zero-order chi connectivity index (χ0) is 14.7. The van der Waals surface area contributed by atoms with Gasteiger partial charge in [0.1, 0.15) is 5.82 Å². The number of nitrogens with zero attached hydrogens (tertiary/aromatic N) is 2. The maximum absolute atomic E-state index is 5.99. The summed E-state index contributed by atoms with van der Waals surface area (Å²) in [7, 11) is 0. The van der Waals surface area contributed by atoms with E-state index in [2.05, 4.69) is 35.8 Å². The lowest BCUT2D eigenvalue weighted by atomic mass is 9.83. The van der Waals surface area contributed by atoms with Crippen LogP contribution in [0.25, 0.3) is 11.0 Å². The Bertz CT molecular complexity index is 582. The molecule has 0 atom stereocenters. The molecular weight excluding hydrogens is 280 g/mol. The molecule has 1 saturated carbocycles. The van der Waals surface area contributed by atoms with Gasteiger partial charge in [-0.2, -0.15) is 0 Å². The van der Waals surface area contributed by atoms with Crippen molar-refractivity contribution in [2.45, 2.75) is 57.9 Å². The lowest BCUT2D eigenvalue weighted by Gasteiger charge is -2.30. The van der Waals surface area contributed by atoms with Crippen LogP contribution in [0.3, 0.4) is 0 Å². The Kier molecular flexibility index (Phi) is 4.84. The summed E-state index contributed by atoms with van der Waals surface area (Å²) in [5.74, 6) is 2.76. The van der Waals surface area contributed by atoms with E-state index in [4.69, 9.17) is 16.6 Å². The van der Waals surface area contributed by atoms with E-state index in [-0.39, 0.29) is 0 Å². The summed E-state index contributed by atoms with van der Waals surface area (Å²) < 4.78 is 2.49. The van der Waals surface area contributed by atoms with E-state index >= 15 is 0 Å². The van der Waals surface area contributed by atoms with Crippen LogP contribution in [0, 0.1) is 5.92 Å². The summed E-state index contributed by atoms with van der Waals surface area (Å²) in [5.41, 5.74) is 2.41. The second-order valence-corrected chi connectivity index (χ2v) is 6.67. The molecule has 1 aliphatic carbocycles. The Labute approximate surface area is 132 Å². The molecule has 1 aliphatic rings. The van der Waals surface area contributed by atoms with E-state index < -0.39 is 0 Å². The fraction of sp³-hybridized carbons (Fsp3) is 0.611. The summed E-state index contributed by atoms with van der Waals surface area (Å²) in [6.45, 7) is 2.30. The van der Waals surface area contributed by atoms with Crippen LogP contribution in [0.15, 0.2) is 24.3 Å². The topological polar surface area (TPSA) is 17.8 Å². The van der Waals surface area contributed by atoms with Gasteiger partial charge in [0.05, 0.1) is 11.0 Å². The summed E-state index contributed by atoms with van der Waals surface area (Å²) in [5, 5.41) is 0. The molecule has 0 amide bonds. The number of hydrogen-bond donors (Lipinski definition) is 0. The average molecular weight is 305 g/mol. The van der Waals surface area contributed by atoms with E-state index in [9.17, 15) is 0 Å². The van der Waals surface area contributed by atoms with Crippen LogP contribution < -0.4 is 0 Å². The van der Waals surface area contributed by atoms with Gasteiger partial charge >= 0.3 is 0 Å². The number of hydrogen-bond acceptors (Lipinski definition) is 1. The molecule has 0 radical (unpaired) electrons. The molecule has 2 nitrogen and oxygen atoms in total. The molecule has 0 spiro atoms. The molecule has 0 aliphatic heterocycles. The summed E-state index contributed by atoms with van der Waals surface area (Å²) in [6.07, 6.45) is 8.90. The normalized spacial score (nSPS) is 22.8. The van der Waals surface area contributed by atoms with Gasteiger partial charge in [-0.15, -0.1) is 11.6 Å². The van der Waals surface area contributed by atoms with Crippen molar-refractivity contribution < 1.29 is 0 Å². The smallest absolute Gasteiger partial charge is 0.111 e. The van der Waals surface area contributed by atoms with Crippen molar-refractivity contribution in [1.29, 1.82) is 0 Å². The molecule has 1 aromatic carbocycles. The minimum absolute atomic E-state index is 0.615. The predicted octanol–water partition coefficient (Wildman–Crippen LogP) is 5.35. The average Bonchev–Trinajstić information content (AvgIpc) is 2.87. The summed E-state index contributed by atoms with van der Waals surface area (Å²) in [4.78, 5) is 4.81. The van der Waals surface area contributed by atoms with E-state index in [1.54, 1.807) is 0 Å². The van der Waals surface area contributed by atoms with E-state index in [0.717, 1.165) is 17.9 Å². The summed E-state index contributed by atoms with van der Waals surface area (Å²) >= 11 is 5.99. The molecule has 114 valence electrons. The molecule has 1 fully saturated rings. The molecule has 1 aromatic heterocycles. The van der Waals surface area contributed by atoms with Gasteiger partial charge in [-0.05, 0) is 43.7 Å². The standard InChI is InChI=1S/C18H25ClN2/c1-2-5-14-8-10-15(11-9-14)21-17-7-4-3-6-16(17)20-18(21)12-13-19/h3-4,6-7,14-15H,2,5,8-13H2,1H3. The first-order valence-corrected chi connectivity index (χ1v) is 8.88. The minimum Gasteiger partial charge on any atom is -0.325 e. The second-order valence-electron chi connectivity index (χ2n) is 6.29. The van der Waals surface area contributed by atoms with Crippen molar-refractivity contribution in [3.8, 4) is 0 Å². The number of benzene rings is 1. The molecule has 3 rings (SSSR count). The largest absolute Gasteiger partial charge is 0.325 e. The van der Waals surface area contributed by atoms with Crippen LogP contribution in [0.4, 0.5) is 0 Å². The minimum atomic E-state index is 0.615. The lowest BCUT2D eigenvalue weighted by Crippen LogP contribution is -2.20. The molecule has 3 heteroatoms. The number of halogens is 1. The second kappa shape index (κ2) is 6.83. The first-order chi connectivity index (χ1) is 10.3. The van der Waals surface area contributed by atoms with Gasteiger partial charge in [-0.25, -0.2) is 4.98 Å². The van der Waals surface area contributed by atoms with Gasteiger partial charge in [0, 0.05) is 18.3 Å². The first kappa shape index (κ1) is 14.9. The molecule has 0 bridgehead atoms. The van der Waals surface area contributed by atoms with Gasteiger partial charge in [0.2, 0.25) is 0 Å². The number of alkyl halides is 1. The first-order valence-electron chi connectivity index (χ1n) is 8.35. The van der Waals surface area contributed by atoms with Crippen molar-refractivity contribution >= 4 is 22.6 Å². The number of fused-ring (bicyclic) bond motifs is 1. The van der Waals surface area contributed by atoms with Crippen LogP contribution in [-0.4, -0.2) is 15.4 Å². The Balaban J connectivity index is 1.87. The lowest BCUT2D eigenvalue weighted by molar-refractivity contribution is 0.263. The fourth-order valence-electron chi connectivity index (χ4n) is 3.86. The SMILES string of the molecule is CCCC1CCC(n2c(CCCl)nc3ccccc32)CC1. The monoisotopic (exact) mass is 304 g/mol. The van der Waals surface area contributed by atoms with Crippen molar-refractivity contribution in [2.24, 2.45) is 5.92 Å². The highest BCUT2D eigenvalue weighted by Crippen LogP contribution is 2.37. The third-order valence-electron chi connectivity index (χ3n) is 4.87. The predicted molar refractivity (Wildman–Crippen MR) is 90.1 cm³/mol. The molecule has 0 saturated heterocycles. The van der Waals surface area contributed by atoms with Crippen LogP contribution in [-0.2, 0) is 6.42 Å². The third kappa shape index (κ3) is 3.11. The van der Waals surface area contributed by atoms with Crippen molar-refractivity contribution in [3.63, 3.8) is 0 Å². The van der Waals surface area contributed by atoms with Gasteiger partial charge in [0.25, 0.3) is 0 Å². The number of imidazole rings is 1. The van der Waals surface area contributed by atoms with Crippen LogP contribution >= 0.6 is 11.6 Å². The van der Waals surface area contributed by atoms with E-state index in [0.29, 0.717) is 11.9 Å². The highest BCUT2D eigenvalue weighted by atomic mass is 35.5. The Morgan fingerprint density at radius 1 is 1.19 bits per heavy atom. The van der Waals surface area contributed by atoms with Gasteiger partial charge in [-0.3, -0.25) is 0 Å². The Morgan fingerprint density at radius 3 is 2.67 bits per heavy atom. The fourth-order valence-corrected chi connectivity index (χ4v) is 4.03. The van der Waals surface area contributed by atoms with Crippen LogP contribution in [0.1, 0.15) is 57.3 Å². The highest BCUT2D eigenvalue weighted by Gasteiger charge is 2.24. The van der Waals surface area contributed by atoms with Gasteiger partial charge in [-0.1, -0.05) is 31.9 Å². The third-order valence-corrected chi connectivity index (χ3v) is 5.05. The van der Waals surface area contributed by atoms with E-state index in [1.165, 1.54) is 49.9 Å². The van der Waals surface area contributed by atoms with Crippen molar-refractivity contribution in [2.75, 3.05) is 5.88 Å². The van der Waals surface area contributed by atoms with Crippen molar-refractivity contribution in [3.05, 3.63) is 30.1 Å². The molecule has 21 heavy (non-hydrogen) atoms. The maximum Gasteiger partial charge on any atom is 0.111 e. The molecule has 0 N–H and O–H groups in total. The molecule has 2 aromatic rings. The zero-order valence-corrected chi connectivity index (χ0v) is 13.6. The quantitative estimate of drug-likeness (QED) is 0.681. The van der Waals surface area contributed by atoms with Crippen molar-refractivity contribution in [1.82, 2.24) is 9.55 Å². The van der Waals surface area contributed by atoms with Gasteiger partial charge in [0.15, 0.2) is 0 Å². The highest BCUT2D eigenvalue weighted by molar-refractivity contribution is 6.17. The number of para-hydroxylation sites is 2. The number of aromatic nitrogens is 2. The number of rotatable bonds is 5. The zero-order valence-electron chi connectivity index (χ0n) is 12.9. The molecule has 0 unspecified atom stereocenters. The summed E-state index contributed by atoms with van der Waals surface area (Å²) in [6, 6.07) is 9.13. The number of aryl methyl sites for hydroxylation is 1. The molecule has 1 heterocycles. The molecular formula is C18H25ClN2.